The Kier molecular flexibility index (Phi) is 42.2. The van der Waals surface area contributed by atoms with E-state index in [0.717, 1.165) is 75.3 Å². The van der Waals surface area contributed by atoms with Crippen LogP contribution in [0.15, 0.2) is 164 Å². The number of nitrogens with zero attached hydrogens (tertiary/aromatic N) is 3. The van der Waals surface area contributed by atoms with Gasteiger partial charge in [-0.15, -0.1) is 5.10 Å². The summed E-state index contributed by atoms with van der Waals surface area (Å²) >= 11 is 0. The van der Waals surface area contributed by atoms with E-state index in [0.29, 0.717) is 56.5 Å². The number of aromatic nitrogens is 3. The molecule has 0 saturated heterocycles. The van der Waals surface area contributed by atoms with E-state index in [1.165, 1.54) is 114 Å². The molecule has 18 N–H and O–H groups in total. The molecule has 0 bridgehead atoms. The number of carbonyl (C=O) groups excluding carboxylic acids is 4. The molecule has 8 aromatic rings. The standard InChI is InChI=1S/C19H25FNO5P.C16H18FN2O5P.C15H23FNO5P.C11H14FN4O4P.C11H15FNO5P/c1-2-3-4-5-8-13-21-19(22)18(20)17-15-10-7-6-9-14(15)11-12-16(17)26-27(23,24)25;17-15(13-3-1-2-4-14(13)24-25(21,22)23)16(20)19-10-12-7-5-11(9-18)6-8-12;1-2-3-4-5-8-11-17-15(18)14(16)12-9-6-7-10-13(12)22-23(19,20)21;12-11(9-7-16(6-5-13)15-14-9)8-3-1-2-4-10(8)20-21(17,18)19;1-2-7-13-11(14)10(12)8-5-3-4-6-9(8)18-19(15,16)17/h6-7,9-12,18H,2-5,8,13H2,1H3,(H,21,22)(H2,23,24,25);1-8,15H,9-10,18H2,(H,19,20)(H2,21,22,23);6-7,9-10,14H,2-5,8,11H2,1H3,(H,17,18)(H2,19,20,21);1-4,7,11H,5-6,13H2,(H2,17,18,19);3-6,10H,2,7H2,1H3,(H,13,14)(H2,15,16,17). The molecule has 0 aliphatic heterocycles. The predicted octanol–water partition coefficient (Wildman–Crippen LogP) is 12.1. The highest BCUT2D eigenvalue weighted by Crippen LogP contribution is 2.47. The first-order valence-corrected chi connectivity index (χ1v) is 43.2. The molecule has 5 atom stereocenters. The van der Waals surface area contributed by atoms with Crippen LogP contribution >= 0.6 is 39.1 Å². The van der Waals surface area contributed by atoms with Gasteiger partial charge in [-0.05, 0) is 71.5 Å². The van der Waals surface area contributed by atoms with Gasteiger partial charge in [-0.3, -0.25) is 72.8 Å². The van der Waals surface area contributed by atoms with Crippen molar-refractivity contribution in [2.24, 2.45) is 11.5 Å². The third kappa shape index (κ3) is 37.3. The molecule has 4 amide bonds. The van der Waals surface area contributed by atoms with Gasteiger partial charge in [0.25, 0.3) is 23.6 Å². The van der Waals surface area contributed by atoms with Gasteiger partial charge in [0.2, 0.25) is 24.7 Å². The molecule has 1 aromatic heterocycles. The zero-order chi connectivity index (χ0) is 85.5. The molecule has 0 aliphatic carbocycles. The number of carbonyl (C=O) groups is 4. The van der Waals surface area contributed by atoms with Gasteiger partial charge >= 0.3 is 39.1 Å². The molecule has 0 radical (unpaired) electrons. The van der Waals surface area contributed by atoms with Crippen LogP contribution in [0.5, 0.6) is 28.7 Å². The van der Waals surface area contributed by atoms with Crippen LogP contribution in [0.1, 0.15) is 167 Å². The Balaban J connectivity index is 0.000000304. The smallest absolute Gasteiger partial charge is 0.404 e. The Morgan fingerprint density at radius 3 is 1.17 bits per heavy atom. The number of nitrogens with two attached hydrogens (primary N) is 2. The third-order valence-electron chi connectivity index (χ3n) is 15.6. The number of hydrogen-bond donors (Lipinski definition) is 16. The van der Waals surface area contributed by atoms with Crippen molar-refractivity contribution in [2.75, 3.05) is 26.2 Å². The van der Waals surface area contributed by atoms with Gasteiger partial charge in [0, 0.05) is 67.1 Å². The van der Waals surface area contributed by atoms with Crippen molar-refractivity contribution in [3.63, 3.8) is 0 Å². The lowest BCUT2D eigenvalue weighted by Gasteiger charge is -2.17. The maximum absolute atomic E-state index is 15.0. The number of unbranched alkanes of at least 4 members (excludes halogenated alkanes) is 8. The number of halogens is 5. The second kappa shape index (κ2) is 49.3. The van der Waals surface area contributed by atoms with Crippen molar-refractivity contribution in [2.45, 2.75) is 142 Å². The van der Waals surface area contributed by atoms with Crippen LogP contribution in [-0.4, -0.2) is 114 Å². The third-order valence-corrected chi connectivity index (χ3v) is 17.7. The van der Waals surface area contributed by atoms with Gasteiger partial charge in [0.1, 0.15) is 34.4 Å². The summed E-state index contributed by atoms with van der Waals surface area (Å²) in [7, 11) is -24.2. The van der Waals surface area contributed by atoms with Crippen LogP contribution < -0.4 is 55.4 Å². The van der Waals surface area contributed by atoms with Gasteiger partial charge in [-0.2, -0.15) is 0 Å². The van der Waals surface area contributed by atoms with E-state index in [9.17, 15) is 64.0 Å². The number of alkyl halides is 5. The number of phosphoric ester groups is 5. The lowest BCUT2D eigenvalue weighted by atomic mass is 9.99. The van der Waals surface area contributed by atoms with Crippen LogP contribution in [0.25, 0.3) is 10.8 Å². The van der Waals surface area contributed by atoms with Crippen LogP contribution in [-0.2, 0) is 61.6 Å². The molecule has 1 heterocycles. The first-order chi connectivity index (χ1) is 54.2. The largest absolute Gasteiger partial charge is 0.524 e. The van der Waals surface area contributed by atoms with Crippen LogP contribution in [0, 0.1) is 0 Å². The molecule has 0 spiro atoms. The number of para-hydroxylation sites is 4. The topological polar surface area (TPSA) is 533 Å². The summed E-state index contributed by atoms with van der Waals surface area (Å²) in [5, 5.41) is 18.2. The summed E-state index contributed by atoms with van der Waals surface area (Å²) in [6.07, 6.45) is 2.03. The average Bonchev–Trinajstić information content (AvgIpc) is 1.16. The minimum atomic E-state index is -4.90. The molecule has 8 rings (SSSR count). The minimum absolute atomic E-state index is 0.00483. The summed E-state index contributed by atoms with van der Waals surface area (Å²) < 4.78 is 151. The fourth-order valence-electron chi connectivity index (χ4n) is 10.2. The molecule has 7 aromatic carbocycles. The van der Waals surface area contributed by atoms with E-state index in [-0.39, 0.29) is 68.8 Å². The zero-order valence-electron chi connectivity index (χ0n) is 62.5. The SMILES string of the molecule is CCCCCCCNC(=O)C(F)c1c(OP(=O)(O)O)ccc2ccccc12.CCCCCCCNC(=O)C(F)c1ccccc1OP(=O)(O)O.CCCNC(=O)C(F)c1ccccc1OP(=O)(O)O.NCCn1cc(C(F)c2ccccc2OP(=O)(O)O)nn1.NCc1ccc(CNC(=O)C(F)c2ccccc2OP(=O)(O)O)cc1. The summed E-state index contributed by atoms with van der Waals surface area (Å²) in [6, 6.07) is 38.2. The summed E-state index contributed by atoms with van der Waals surface area (Å²) in [4.78, 5) is 136. The van der Waals surface area contributed by atoms with Crippen molar-refractivity contribution in [1.29, 1.82) is 0 Å². The Morgan fingerprint density at radius 1 is 0.409 bits per heavy atom. The first-order valence-electron chi connectivity index (χ1n) is 35.6. The van der Waals surface area contributed by atoms with Gasteiger partial charge in [0.15, 0.2) is 6.17 Å². The van der Waals surface area contributed by atoms with Crippen molar-refractivity contribution in [1.82, 2.24) is 36.3 Å². The van der Waals surface area contributed by atoms with Gasteiger partial charge in [-0.25, -0.2) is 44.8 Å². The van der Waals surface area contributed by atoms with Gasteiger partial charge < -0.3 is 55.4 Å². The highest BCUT2D eigenvalue weighted by Gasteiger charge is 2.33. The first kappa shape index (κ1) is 98.5. The highest BCUT2D eigenvalue weighted by atomic mass is 31.2. The normalized spacial score (nSPS) is 12.8. The lowest BCUT2D eigenvalue weighted by Crippen LogP contribution is -2.28. The molecular weight excluding hydrogens is 1620 g/mol. The highest BCUT2D eigenvalue weighted by molar-refractivity contribution is 7.47. The molecule has 5 unspecified atom stereocenters. The zero-order valence-corrected chi connectivity index (χ0v) is 67.0. The number of hydrogen-bond acceptors (Lipinski definition) is 18. The number of phosphoric acid groups is 5. The molecule has 43 heteroatoms. The van der Waals surface area contributed by atoms with Crippen LogP contribution in [0.2, 0.25) is 0 Å². The fourth-order valence-corrected chi connectivity index (χ4v) is 12.3. The molecule has 33 nitrogen and oxygen atoms in total. The van der Waals surface area contributed by atoms with Crippen molar-refractivity contribution >= 4 is 73.5 Å². The molecule has 115 heavy (non-hydrogen) atoms. The number of fused-ring (bicyclic) bond motifs is 1. The second-order valence-corrected chi connectivity index (χ2v) is 30.5. The number of amides is 4. The Hall–Kier alpha value is -8.86. The maximum Gasteiger partial charge on any atom is 0.524 e. The number of rotatable bonds is 39. The number of nitrogens with one attached hydrogen (secondary N) is 4. The molecular formula is C72H95F5N9O24P5. The summed E-state index contributed by atoms with van der Waals surface area (Å²) in [5.74, 6) is -5.17. The Bertz CT molecular complexity index is 4620. The molecule has 0 fully saturated rings. The van der Waals surface area contributed by atoms with Gasteiger partial charge in [0.05, 0.1) is 12.7 Å². The van der Waals surface area contributed by atoms with E-state index >= 15 is 0 Å². The maximum atomic E-state index is 15.0. The van der Waals surface area contributed by atoms with Crippen molar-refractivity contribution in [3.8, 4) is 28.7 Å². The van der Waals surface area contributed by atoms with Crippen LogP contribution in [0.4, 0.5) is 22.0 Å². The Morgan fingerprint density at radius 2 is 0.765 bits per heavy atom. The van der Waals surface area contributed by atoms with Crippen molar-refractivity contribution < 1.29 is 136 Å². The molecule has 0 saturated carbocycles. The average molecular weight is 1720 g/mol. The summed E-state index contributed by atoms with van der Waals surface area (Å²) in [5.41, 5.74) is 11.6. The minimum Gasteiger partial charge on any atom is -0.404 e. The lowest BCUT2D eigenvalue weighted by molar-refractivity contribution is -0.127. The quantitative estimate of drug-likeness (QED) is 0.00966. The second-order valence-electron chi connectivity index (χ2n) is 24.7. The van der Waals surface area contributed by atoms with Crippen LogP contribution in [0.3, 0.4) is 0 Å². The van der Waals surface area contributed by atoms with E-state index in [1.54, 1.807) is 54.6 Å². The number of benzene rings is 7. The van der Waals surface area contributed by atoms with E-state index in [1.807, 2.05) is 6.92 Å². The van der Waals surface area contributed by atoms with E-state index in [2.05, 4.69) is 68.0 Å². The van der Waals surface area contributed by atoms with E-state index in [4.69, 9.17) is 60.4 Å². The predicted molar refractivity (Wildman–Crippen MR) is 414 cm³/mol. The Labute approximate surface area is 659 Å². The monoisotopic (exact) mass is 1720 g/mol. The summed E-state index contributed by atoms with van der Waals surface area (Å²) in [6.45, 7) is 8.29. The van der Waals surface area contributed by atoms with E-state index < -0.39 is 93.6 Å². The fraction of sp³-hybridized carbons (Fsp3) is 0.361. The van der Waals surface area contributed by atoms with Gasteiger partial charge in [-0.1, -0.05) is 205 Å². The molecule has 632 valence electrons. The molecule has 0 aliphatic rings. The van der Waals surface area contributed by atoms with Crippen molar-refractivity contribution in [3.05, 3.63) is 209 Å².